The third-order valence-electron chi connectivity index (χ3n) is 6.91. The smallest absolute Gasteiger partial charge is 0.179 e. The molecule has 0 radical (unpaired) electrons. The molecule has 8 heteroatoms. The van der Waals surface area contributed by atoms with Crippen molar-refractivity contribution in [2.24, 2.45) is 0 Å². The number of ether oxygens (including phenoxy) is 1. The first kappa shape index (κ1) is 21.6. The molecule has 0 unspecified atom stereocenters. The second-order valence-electron chi connectivity index (χ2n) is 9.35. The van der Waals surface area contributed by atoms with Crippen LogP contribution in [0.2, 0.25) is 5.02 Å². The Labute approximate surface area is 202 Å². The monoisotopic (exact) mass is 477 g/mol. The summed E-state index contributed by atoms with van der Waals surface area (Å²) in [5.41, 5.74) is 5.88. The van der Waals surface area contributed by atoms with Gasteiger partial charge in [0.05, 0.1) is 29.7 Å². The Kier molecular flexibility index (Phi) is 5.34. The maximum atomic E-state index is 15.0. The fraction of sp³-hybridized carbons (Fsp3) is 0.385. The van der Waals surface area contributed by atoms with Crippen LogP contribution < -0.4 is 0 Å². The van der Waals surface area contributed by atoms with E-state index in [-0.39, 0.29) is 17.8 Å². The van der Waals surface area contributed by atoms with Crippen molar-refractivity contribution in [1.29, 1.82) is 0 Å². The predicted octanol–water partition coefficient (Wildman–Crippen LogP) is 6.27. The van der Waals surface area contributed by atoms with Crippen molar-refractivity contribution in [3.63, 3.8) is 0 Å². The number of pyridine rings is 1. The van der Waals surface area contributed by atoms with Crippen LogP contribution in [-0.4, -0.2) is 31.3 Å². The number of fused-ring (bicyclic) bond motifs is 1. The number of nitrogens with zero attached hydrogens (tertiary/aromatic N) is 5. The van der Waals surface area contributed by atoms with Gasteiger partial charge in [0.2, 0.25) is 0 Å². The van der Waals surface area contributed by atoms with Gasteiger partial charge in [-0.25, -0.2) is 19.3 Å². The lowest BCUT2D eigenvalue weighted by molar-refractivity contribution is 0.00463. The van der Waals surface area contributed by atoms with Gasteiger partial charge in [0.25, 0.3) is 0 Å². The van der Waals surface area contributed by atoms with Crippen LogP contribution in [0.3, 0.4) is 0 Å². The van der Waals surface area contributed by atoms with Gasteiger partial charge in [-0.15, -0.1) is 0 Å². The van der Waals surface area contributed by atoms with Gasteiger partial charge >= 0.3 is 0 Å². The molecule has 6 rings (SSSR count). The Hall–Kier alpha value is -2.90. The molecule has 0 amide bonds. The van der Waals surface area contributed by atoms with Gasteiger partial charge in [-0.2, -0.15) is 5.10 Å². The Morgan fingerprint density at radius 3 is 2.65 bits per heavy atom. The fourth-order valence-corrected chi connectivity index (χ4v) is 4.86. The van der Waals surface area contributed by atoms with Gasteiger partial charge in [-0.1, -0.05) is 11.6 Å². The van der Waals surface area contributed by atoms with E-state index in [9.17, 15) is 4.39 Å². The molecule has 1 aliphatic carbocycles. The average Bonchev–Trinajstić information content (AvgIpc) is 3.56. The normalized spacial score (nSPS) is 20.7. The first-order valence-corrected chi connectivity index (χ1v) is 12.1. The van der Waals surface area contributed by atoms with Crippen molar-refractivity contribution in [2.45, 2.75) is 57.6 Å². The van der Waals surface area contributed by atoms with Gasteiger partial charge in [0.1, 0.15) is 11.3 Å². The molecule has 1 saturated carbocycles. The van der Waals surface area contributed by atoms with Crippen LogP contribution in [0.4, 0.5) is 4.39 Å². The molecular weight excluding hydrogens is 453 g/mol. The van der Waals surface area contributed by atoms with Crippen LogP contribution in [0.15, 0.2) is 36.7 Å². The number of hydrogen-bond acceptors (Lipinski definition) is 5. The predicted molar refractivity (Wildman–Crippen MR) is 128 cm³/mol. The quantitative estimate of drug-likeness (QED) is 0.346. The molecule has 1 aromatic carbocycles. The highest BCUT2D eigenvalue weighted by Gasteiger charge is 2.30. The van der Waals surface area contributed by atoms with E-state index < -0.39 is 0 Å². The first-order valence-electron chi connectivity index (χ1n) is 11.7. The Morgan fingerprint density at radius 2 is 1.85 bits per heavy atom. The second kappa shape index (κ2) is 8.40. The highest BCUT2D eigenvalue weighted by molar-refractivity contribution is 6.30. The summed E-state index contributed by atoms with van der Waals surface area (Å²) in [7, 11) is 0. The molecule has 0 bridgehead atoms. The minimum atomic E-state index is -0.386. The van der Waals surface area contributed by atoms with Crippen molar-refractivity contribution in [3.8, 4) is 11.1 Å². The molecule has 1 aliphatic heterocycles. The molecule has 2 fully saturated rings. The van der Waals surface area contributed by atoms with Crippen LogP contribution in [-0.2, 0) is 4.74 Å². The summed E-state index contributed by atoms with van der Waals surface area (Å²) in [6, 6.07) is 7.24. The summed E-state index contributed by atoms with van der Waals surface area (Å²) in [5, 5.41) is 4.89. The molecular formula is C26H25ClFN5O. The molecule has 2 atom stereocenters. The minimum Gasteiger partial charge on any atom is -0.373 e. The molecule has 4 aromatic rings. The molecule has 0 spiro atoms. The van der Waals surface area contributed by atoms with E-state index >= 15 is 0 Å². The zero-order valence-corrected chi connectivity index (χ0v) is 19.9. The highest BCUT2D eigenvalue weighted by atomic mass is 35.5. The number of rotatable bonds is 4. The van der Waals surface area contributed by atoms with Crippen molar-refractivity contribution in [1.82, 2.24) is 24.7 Å². The maximum Gasteiger partial charge on any atom is 0.179 e. The van der Waals surface area contributed by atoms with E-state index in [0.717, 1.165) is 35.5 Å². The molecule has 3 aromatic heterocycles. The molecule has 1 saturated heterocycles. The lowest BCUT2D eigenvalue weighted by Gasteiger charge is -2.29. The topological polar surface area (TPSA) is 65.7 Å². The SMILES string of the molecule is Cc1nc2nc([C@@H]3CCO[C@H](c4cnn(C5CC5)c4)C3)cc(-c3ccc(Cl)cc3F)c2nc1C. The van der Waals surface area contributed by atoms with Gasteiger partial charge in [0.15, 0.2) is 5.65 Å². The van der Waals surface area contributed by atoms with E-state index in [1.54, 1.807) is 12.1 Å². The molecule has 34 heavy (non-hydrogen) atoms. The number of hydrogen-bond donors (Lipinski definition) is 0. The summed E-state index contributed by atoms with van der Waals surface area (Å²) in [4.78, 5) is 14.3. The van der Waals surface area contributed by atoms with Crippen molar-refractivity contribution >= 4 is 22.8 Å². The van der Waals surface area contributed by atoms with E-state index in [2.05, 4.69) is 16.0 Å². The third-order valence-corrected chi connectivity index (χ3v) is 7.14. The molecule has 174 valence electrons. The van der Waals surface area contributed by atoms with E-state index in [0.29, 0.717) is 40.0 Å². The first-order chi connectivity index (χ1) is 16.5. The number of benzene rings is 1. The van der Waals surface area contributed by atoms with Crippen molar-refractivity contribution in [3.05, 3.63) is 70.1 Å². The standard InChI is InChI=1S/C26H25ClFN5O/c1-14-15(2)31-26-25(30-14)21(20-6-3-18(27)10-22(20)28)11-23(32-26)16-7-8-34-24(9-16)17-12-29-33(13-17)19-4-5-19/h3,6,10-13,16,19,24H,4-5,7-9H2,1-2H3/t16-,24+/m1/s1. The molecule has 2 aliphatic rings. The van der Waals surface area contributed by atoms with E-state index in [4.69, 9.17) is 31.3 Å². The van der Waals surface area contributed by atoms with Crippen LogP contribution in [0.5, 0.6) is 0 Å². The van der Waals surface area contributed by atoms with Crippen LogP contribution in [0.1, 0.15) is 66.4 Å². The average molecular weight is 478 g/mol. The Morgan fingerprint density at radius 1 is 1.03 bits per heavy atom. The maximum absolute atomic E-state index is 15.0. The minimum absolute atomic E-state index is 0.0368. The van der Waals surface area contributed by atoms with Crippen molar-refractivity contribution < 1.29 is 9.13 Å². The van der Waals surface area contributed by atoms with Gasteiger partial charge in [-0.3, -0.25) is 4.68 Å². The lowest BCUT2D eigenvalue weighted by Crippen LogP contribution is -2.19. The second-order valence-corrected chi connectivity index (χ2v) is 9.79. The lowest BCUT2D eigenvalue weighted by atomic mass is 9.88. The molecule has 0 N–H and O–H groups in total. The van der Waals surface area contributed by atoms with Crippen LogP contribution >= 0.6 is 11.6 Å². The van der Waals surface area contributed by atoms with Crippen LogP contribution in [0.25, 0.3) is 22.3 Å². The summed E-state index contributed by atoms with van der Waals surface area (Å²) < 4.78 is 23.2. The fourth-order valence-electron chi connectivity index (χ4n) is 4.70. The van der Waals surface area contributed by atoms with E-state index in [1.165, 1.54) is 18.9 Å². The van der Waals surface area contributed by atoms with Gasteiger partial charge in [-0.05, 0) is 63.8 Å². The summed E-state index contributed by atoms with van der Waals surface area (Å²) in [5.74, 6) is -0.228. The number of aromatic nitrogens is 5. The summed E-state index contributed by atoms with van der Waals surface area (Å²) >= 11 is 6.02. The number of halogens is 2. The van der Waals surface area contributed by atoms with Gasteiger partial charge in [0, 0.05) is 46.1 Å². The highest BCUT2D eigenvalue weighted by Crippen LogP contribution is 2.41. The summed E-state index contributed by atoms with van der Waals surface area (Å²) in [6.45, 7) is 4.45. The van der Waals surface area contributed by atoms with Crippen LogP contribution in [0, 0.1) is 19.7 Å². The van der Waals surface area contributed by atoms with Crippen molar-refractivity contribution in [2.75, 3.05) is 6.61 Å². The zero-order chi connectivity index (χ0) is 23.4. The zero-order valence-electron chi connectivity index (χ0n) is 19.1. The molecule has 6 nitrogen and oxygen atoms in total. The largest absolute Gasteiger partial charge is 0.373 e. The van der Waals surface area contributed by atoms with E-state index in [1.807, 2.05) is 26.1 Å². The molecule has 4 heterocycles. The number of aryl methyl sites for hydroxylation is 2. The van der Waals surface area contributed by atoms with Gasteiger partial charge < -0.3 is 4.74 Å². The summed E-state index contributed by atoms with van der Waals surface area (Å²) in [6.07, 6.45) is 8.02. The Balaban J connectivity index is 1.41. The Bertz CT molecular complexity index is 1400. The third kappa shape index (κ3) is 3.97.